The number of benzene rings is 2. The minimum absolute atomic E-state index is 0.172. The van der Waals surface area contributed by atoms with Gasteiger partial charge in [-0.25, -0.2) is 0 Å². The summed E-state index contributed by atoms with van der Waals surface area (Å²) in [5.74, 6) is 0.0813. The van der Waals surface area contributed by atoms with Gasteiger partial charge in [0.05, 0.1) is 22.3 Å². The molecule has 0 saturated carbocycles. The van der Waals surface area contributed by atoms with Gasteiger partial charge in [0.1, 0.15) is 5.75 Å². The number of phenols is 1. The highest BCUT2D eigenvalue weighted by Crippen LogP contribution is 2.33. The summed E-state index contributed by atoms with van der Waals surface area (Å²) < 4.78 is 0. The number of halogens is 3. The third kappa shape index (κ3) is 4.74. The first-order chi connectivity index (χ1) is 12.4. The van der Waals surface area contributed by atoms with Crippen molar-refractivity contribution in [3.8, 4) is 5.75 Å². The van der Waals surface area contributed by atoms with E-state index in [1.54, 1.807) is 24.3 Å². The van der Waals surface area contributed by atoms with Crippen molar-refractivity contribution >= 4 is 52.1 Å². The van der Waals surface area contributed by atoms with Crippen molar-refractivity contribution in [3.63, 3.8) is 0 Å². The molecule has 0 atom stereocenters. The van der Waals surface area contributed by atoms with E-state index in [9.17, 15) is 9.90 Å². The highest BCUT2D eigenvalue weighted by Gasteiger charge is 2.20. The van der Waals surface area contributed by atoms with Gasteiger partial charge < -0.3 is 15.3 Å². The minimum atomic E-state index is -0.172. The van der Waals surface area contributed by atoms with Crippen LogP contribution in [0.1, 0.15) is 0 Å². The van der Waals surface area contributed by atoms with Crippen molar-refractivity contribution in [2.75, 3.05) is 42.9 Å². The summed E-state index contributed by atoms with van der Waals surface area (Å²) >= 11 is 18.1. The van der Waals surface area contributed by atoms with E-state index < -0.39 is 0 Å². The molecule has 0 spiro atoms. The Morgan fingerprint density at radius 2 is 1.58 bits per heavy atom. The maximum Gasteiger partial charge on any atom is 0.238 e. The number of rotatable bonds is 4. The molecule has 138 valence electrons. The number of carbonyl (C=O) groups excluding carboxylic acids is 1. The normalized spacial score (nSPS) is 15.1. The zero-order valence-corrected chi connectivity index (χ0v) is 16.2. The minimum Gasteiger partial charge on any atom is -0.508 e. The standard InChI is InChI=1S/C18H18Cl3N3O2/c19-12-9-15(20)18(16(21)10-12)22-17(26)11-23-5-7-24(8-6-23)13-1-3-14(25)4-2-13/h1-4,9-10,25H,5-8,11H2,(H,22,26). The largest absolute Gasteiger partial charge is 0.508 e. The third-order valence-electron chi connectivity index (χ3n) is 4.23. The van der Waals surface area contributed by atoms with Crippen molar-refractivity contribution in [1.82, 2.24) is 4.90 Å². The van der Waals surface area contributed by atoms with Crippen LogP contribution in [0.25, 0.3) is 0 Å². The van der Waals surface area contributed by atoms with Gasteiger partial charge in [0.2, 0.25) is 5.91 Å². The van der Waals surface area contributed by atoms with Crippen LogP contribution < -0.4 is 10.2 Å². The van der Waals surface area contributed by atoms with Gasteiger partial charge >= 0.3 is 0 Å². The molecule has 2 aromatic carbocycles. The van der Waals surface area contributed by atoms with Gasteiger partial charge in [0.25, 0.3) is 0 Å². The summed E-state index contributed by atoms with van der Waals surface area (Å²) in [6, 6.07) is 10.2. The van der Waals surface area contributed by atoms with Crippen LogP contribution in [0.3, 0.4) is 0 Å². The summed E-state index contributed by atoms with van der Waals surface area (Å²) in [7, 11) is 0. The van der Waals surface area contributed by atoms with Crippen LogP contribution >= 0.6 is 34.8 Å². The predicted molar refractivity (Wildman–Crippen MR) is 107 cm³/mol. The summed E-state index contributed by atoms with van der Waals surface area (Å²) in [4.78, 5) is 16.6. The van der Waals surface area contributed by atoms with Crippen molar-refractivity contribution in [2.24, 2.45) is 0 Å². The fraction of sp³-hybridized carbons (Fsp3) is 0.278. The van der Waals surface area contributed by atoms with Crippen molar-refractivity contribution in [3.05, 3.63) is 51.5 Å². The van der Waals surface area contributed by atoms with E-state index in [1.165, 1.54) is 0 Å². The molecule has 2 aromatic rings. The molecule has 1 aliphatic rings. The van der Waals surface area contributed by atoms with Gasteiger partial charge in [-0.2, -0.15) is 0 Å². The molecule has 3 rings (SSSR count). The van der Waals surface area contributed by atoms with Crippen LogP contribution in [-0.2, 0) is 4.79 Å². The molecule has 2 N–H and O–H groups in total. The van der Waals surface area contributed by atoms with Gasteiger partial charge in [-0.15, -0.1) is 0 Å². The number of anilines is 2. The number of nitrogens with one attached hydrogen (secondary N) is 1. The first-order valence-electron chi connectivity index (χ1n) is 8.13. The maximum absolute atomic E-state index is 12.3. The van der Waals surface area contributed by atoms with Gasteiger partial charge in [-0.05, 0) is 36.4 Å². The summed E-state index contributed by atoms with van der Waals surface area (Å²) in [5.41, 5.74) is 1.44. The summed E-state index contributed by atoms with van der Waals surface area (Å²) in [6.07, 6.45) is 0. The van der Waals surface area contributed by atoms with E-state index in [1.807, 2.05) is 12.1 Å². The topological polar surface area (TPSA) is 55.8 Å². The molecule has 1 fully saturated rings. The number of hydrogen-bond donors (Lipinski definition) is 2. The van der Waals surface area contributed by atoms with E-state index in [-0.39, 0.29) is 18.2 Å². The molecule has 5 nitrogen and oxygen atoms in total. The van der Waals surface area contributed by atoms with Gasteiger partial charge in [-0.3, -0.25) is 9.69 Å². The zero-order valence-electron chi connectivity index (χ0n) is 13.9. The second-order valence-corrected chi connectivity index (χ2v) is 7.32. The Hall–Kier alpha value is -1.66. The second kappa shape index (κ2) is 8.35. The lowest BCUT2D eigenvalue weighted by atomic mass is 10.2. The second-order valence-electron chi connectivity index (χ2n) is 6.07. The molecule has 1 heterocycles. The Balaban J connectivity index is 1.53. The van der Waals surface area contributed by atoms with Crippen molar-refractivity contribution in [1.29, 1.82) is 0 Å². The van der Waals surface area contributed by atoms with Crippen LogP contribution in [0.2, 0.25) is 15.1 Å². The molecular weight excluding hydrogens is 397 g/mol. The molecule has 1 amide bonds. The fourth-order valence-corrected chi connectivity index (χ4v) is 3.78. The molecule has 1 saturated heterocycles. The van der Waals surface area contributed by atoms with Crippen LogP contribution in [0.5, 0.6) is 5.75 Å². The lowest BCUT2D eigenvalue weighted by molar-refractivity contribution is -0.117. The van der Waals surface area contributed by atoms with Crippen LogP contribution in [0, 0.1) is 0 Å². The number of nitrogens with zero attached hydrogens (tertiary/aromatic N) is 2. The number of phenolic OH excluding ortho intramolecular Hbond substituents is 1. The first-order valence-corrected chi connectivity index (χ1v) is 9.26. The first kappa shape index (κ1) is 19.1. The SMILES string of the molecule is O=C(CN1CCN(c2ccc(O)cc2)CC1)Nc1c(Cl)cc(Cl)cc1Cl. The quantitative estimate of drug-likeness (QED) is 0.790. The Kier molecular flexibility index (Phi) is 6.14. The zero-order chi connectivity index (χ0) is 18.7. The highest BCUT2D eigenvalue weighted by molar-refractivity contribution is 6.42. The highest BCUT2D eigenvalue weighted by atomic mass is 35.5. The molecule has 1 aliphatic heterocycles. The van der Waals surface area contributed by atoms with Gasteiger partial charge in [-0.1, -0.05) is 34.8 Å². The third-order valence-corrected chi connectivity index (χ3v) is 5.04. The number of amides is 1. The molecular formula is C18H18Cl3N3O2. The van der Waals surface area contributed by atoms with Gasteiger partial charge in [0.15, 0.2) is 0 Å². The smallest absolute Gasteiger partial charge is 0.238 e. The van der Waals surface area contributed by atoms with E-state index in [0.29, 0.717) is 20.8 Å². The molecule has 0 aromatic heterocycles. The van der Waals surface area contributed by atoms with E-state index in [4.69, 9.17) is 34.8 Å². The lowest BCUT2D eigenvalue weighted by Gasteiger charge is -2.35. The Morgan fingerprint density at radius 3 is 2.15 bits per heavy atom. The number of piperazine rings is 1. The fourth-order valence-electron chi connectivity index (χ4n) is 2.87. The lowest BCUT2D eigenvalue weighted by Crippen LogP contribution is -2.48. The van der Waals surface area contributed by atoms with Crippen LogP contribution in [-0.4, -0.2) is 48.6 Å². The van der Waals surface area contributed by atoms with Crippen molar-refractivity contribution in [2.45, 2.75) is 0 Å². The Morgan fingerprint density at radius 1 is 1.00 bits per heavy atom. The molecule has 8 heteroatoms. The molecule has 26 heavy (non-hydrogen) atoms. The number of hydrogen-bond acceptors (Lipinski definition) is 4. The predicted octanol–water partition coefficient (Wildman–Crippen LogP) is 4.11. The van der Waals surface area contributed by atoms with Crippen LogP contribution in [0.15, 0.2) is 36.4 Å². The molecule has 0 unspecified atom stereocenters. The maximum atomic E-state index is 12.3. The monoisotopic (exact) mass is 413 g/mol. The van der Waals surface area contributed by atoms with Crippen LogP contribution in [0.4, 0.5) is 11.4 Å². The van der Waals surface area contributed by atoms with Gasteiger partial charge in [0, 0.05) is 36.9 Å². The average Bonchev–Trinajstić information content (AvgIpc) is 2.59. The van der Waals surface area contributed by atoms with E-state index in [0.717, 1.165) is 31.9 Å². The Bertz CT molecular complexity index is 768. The van der Waals surface area contributed by atoms with Crippen molar-refractivity contribution < 1.29 is 9.90 Å². The number of carbonyl (C=O) groups is 1. The molecule has 0 radical (unpaired) electrons. The van der Waals surface area contributed by atoms with E-state index >= 15 is 0 Å². The van der Waals surface area contributed by atoms with E-state index in [2.05, 4.69) is 15.1 Å². The molecule has 0 bridgehead atoms. The number of aromatic hydroxyl groups is 1. The summed E-state index contributed by atoms with van der Waals surface area (Å²) in [5, 5.41) is 13.2. The average molecular weight is 415 g/mol. The Labute approximate surface area is 167 Å². The molecule has 0 aliphatic carbocycles. The summed E-state index contributed by atoms with van der Waals surface area (Å²) in [6.45, 7) is 3.40.